The zero-order chi connectivity index (χ0) is 20.1. The molecule has 3 rings (SSSR count). The summed E-state index contributed by atoms with van der Waals surface area (Å²) < 4.78 is 6.78. The molecule has 1 aliphatic rings. The maximum Gasteiger partial charge on any atom is 0.269 e. The average Bonchev–Trinajstić information content (AvgIpc) is 2.69. The van der Waals surface area contributed by atoms with Crippen molar-refractivity contribution in [2.24, 2.45) is 0 Å². The van der Waals surface area contributed by atoms with Crippen LogP contribution < -0.4 is 10.5 Å². The molecular formula is C22H32N4O2. The van der Waals surface area contributed by atoms with Gasteiger partial charge in [-0.05, 0) is 49.9 Å². The van der Waals surface area contributed by atoms with Crippen molar-refractivity contribution in [1.82, 2.24) is 14.7 Å². The van der Waals surface area contributed by atoms with Gasteiger partial charge < -0.3 is 9.64 Å². The Bertz CT molecular complexity index is 849. The number of methoxy groups -OCH3 is 1. The average molecular weight is 385 g/mol. The summed E-state index contributed by atoms with van der Waals surface area (Å²) in [5.74, 6) is 0. The molecule has 6 heteroatoms. The topological polar surface area (TPSA) is 50.6 Å². The second-order valence-corrected chi connectivity index (χ2v) is 7.80. The fraction of sp³-hybridized carbons (Fsp3) is 0.545. The first kappa shape index (κ1) is 20.6. The molecule has 1 fully saturated rings. The predicted molar refractivity (Wildman–Crippen MR) is 113 cm³/mol. The van der Waals surface area contributed by atoms with Crippen LogP contribution in [0.4, 0.5) is 5.69 Å². The van der Waals surface area contributed by atoms with E-state index in [1.165, 1.54) is 16.7 Å². The third kappa shape index (κ3) is 4.80. The molecule has 0 radical (unpaired) electrons. The number of hydrogen-bond donors (Lipinski definition) is 0. The van der Waals surface area contributed by atoms with Crippen LogP contribution in [0, 0.1) is 13.8 Å². The van der Waals surface area contributed by atoms with Crippen molar-refractivity contribution in [1.29, 1.82) is 0 Å². The molecule has 1 atom stereocenters. The van der Waals surface area contributed by atoms with Gasteiger partial charge in [0.1, 0.15) is 0 Å². The second kappa shape index (κ2) is 9.34. The summed E-state index contributed by atoms with van der Waals surface area (Å²) in [6, 6.07) is 8.31. The van der Waals surface area contributed by atoms with Gasteiger partial charge in [0.05, 0.1) is 24.5 Å². The van der Waals surface area contributed by atoms with Gasteiger partial charge in [-0.2, -0.15) is 5.10 Å². The van der Waals surface area contributed by atoms with E-state index in [0.717, 1.165) is 44.7 Å². The van der Waals surface area contributed by atoms with Crippen molar-refractivity contribution in [3.63, 3.8) is 0 Å². The Morgan fingerprint density at radius 2 is 2.14 bits per heavy atom. The lowest BCUT2D eigenvalue weighted by Gasteiger charge is -2.33. The van der Waals surface area contributed by atoms with Crippen LogP contribution in [-0.2, 0) is 11.3 Å². The SMILES string of the molecule is COCCN(C)c1cnn([C@@H]2CCCN(Cc3cccc(C)c3C)C2)c(=O)c1. The lowest BCUT2D eigenvalue weighted by atomic mass is 10.0. The van der Waals surface area contributed by atoms with Crippen LogP contribution in [0.5, 0.6) is 0 Å². The minimum Gasteiger partial charge on any atom is -0.383 e. The maximum absolute atomic E-state index is 12.7. The van der Waals surface area contributed by atoms with Gasteiger partial charge in [-0.3, -0.25) is 9.69 Å². The van der Waals surface area contributed by atoms with E-state index in [0.29, 0.717) is 6.61 Å². The van der Waals surface area contributed by atoms with Crippen molar-refractivity contribution >= 4 is 5.69 Å². The summed E-state index contributed by atoms with van der Waals surface area (Å²) in [7, 11) is 3.63. The third-order valence-corrected chi connectivity index (χ3v) is 5.82. The first-order valence-electron chi connectivity index (χ1n) is 10.1. The standard InChI is InChI=1S/C22H32N4O2/c1-17-7-5-8-19(18(17)2)15-25-10-6-9-20(16-25)26-22(27)13-21(14-23-26)24(3)11-12-28-4/h5,7-8,13-14,20H,6,9-12,15-16H2,1-4H3/t20-/m1/s1. The molecule has 1 aliphatic heterocycles. The van der Waals surface area contributed by atoms with E-state index in [1.807, 2.05) is 11.9 Å². The van der Waals surface area contributed by atoms with E-state index in [9.17, 15) is 4.79 Å². The number of piperidine rings is 1. The summed E-state index contributed by atoms with van der Waals surface area (Å²) >= 11 is 0. The number of likely N-dealkylation sites (tertiary alicyclic amines) is 1. The number of aromatic nitrogens is 2. The van der Waals surface area contributed by atoms with Crippen LogP contribution in [0.1, 0.15) is 35.6 Å². The molecule has 1 aromatic heterocycles. The third-order valence-electron chi connectivity index (χ3n) is 5.82. The van der Waals surface area contributed by atoms with E-state index in [2.05, 4.69) is 42.0 Å². The van der Waals surface area contributed by atoms with Gasteiger partial charge in [0, 0.05) is 39.9 Å². The molecule has 0 saturated carbocycles. The van der Waals surface area contributed by atoms with Crippen LogP contribution >= 0.6 is 0 Å². The molecule has 1 aromatic carbocycles. The van der Waals surface area contributed by atoms with Gasteiger partial charge in [-0.25, -0.2) is 4.68 Å². The number of benzene rings is 1. The lowest BCUT2D eigenvalue weighted by Crippen LogP contribution is -2.40. The molecular weight excluding hydrogens is 352 g/mol. The molecule has 2 heterocycles. The summed E-state index contributed by atoms with van der Waals surface area (Å²) in [5.41, 5.74) is 4.87. The lowest BCUT2D eigenvalue weighted by molar-refractivity contribution is 0.159. The molecule has 6 nitrogen and oxygen atoms in total. The van der Waals surface area contributed by atoms with Crippen molar-refractivity contribution in [2.45, 2.75) is 39.3 Å². The molecule has 0 spiro atoms. The monoisotopic (exact) mass is 384 g/mol. The molecule has 0 aliphatic carbocycles. The number of likely N-dealkylation sites (N-methyl/N-ethyl adjacent to an activating group) is 1. The highest BCUT2D eigenvalue weighted by Gasteiger charge is 2.23. The maximum atomic E-state index is 12.7. The van der Waals surface area contributed by atoms with Crippen molar-refractivity contribution < 1.29 is 4.74 Å². The Hall–Kier alpha value is -2.18. The molecule has 1 saturated heterocycles. The van der Waals surface area contributed by atoms with Crippen molar-refractivity contribution in [2.75, 3.05) is 45.3 Å². The molecule has 0 bridgehead atoms. The number of ether oxygens (including phenoxy) is 1. The van der Waals surface area contributed by atoms with Crippen LogP contribution in [0.3, 0.4) is 0 Å². The Balaban J connectivity index is 1.70. The minimum atomic E-state index is -0.0275. The fourth-order valence-electron chi connectivity index (χ4n) is 3.85. The van der Waals surface area contributed by atoms with Gasteiger partial charge >= 0.3 is 0 Å². The van der Waals surface area contributed by atoms with Crippen LogP contribution in [0.15, 0.2) is 35.3 Å². The van der Waals surface area contributed by atoms with Gasteiger partial charge in [0.2, 0.25) is 0 Å². The number of anilines is 1. The number of aryl methyl sites for hydroxylation is 1. The highest BCUT2D eigenvalue weighted by atomic mass is 16.5. The van der Waals surface area contributed by atoms with E-state index in [1.54, 1.807) is 24.1 Å². The number of nitrogens with zero attached hydrogens (tertiary/aromatic N) is 4. The predicted octanol–water partition coefficient (Wildman–Crippen LogP) is 2.78. The quantitative estimate of drug-likeness (QED) is 0.735. The number of hydrogen-bond acceptors (Lipinski definition) is 5. The molecule has 152 valence electrons. The van der Waals surface area contributed by atoms with Gasteiger partial charge in [-0.15, -0.1) is 0 Å². The minimum absolute atomic E-state index is 0.0275. The van der Waals surface area contributed by atoms with Crippen LogP contribution in [-0.4, -0.2) is 55.1 Å². The van der Waals surface area contributed by atoms with E-state index in [-0.39, 0.29) is 11.6 Å². The fourth-order valence-corrected chi connectivity index (χ4v) is 3.85. The zero-order valence-corrected chi connectivity index (χ0v) is 17.5. The Morgan fingerprint density at radius 3 is 2.89 bits per heavy atom. The molecule has 0 unspecified atom stereocenters. The van der Waals surface area contributed by atoms with E-state index >= 15 is 0 Å². The normalized spacial score (nSPS) is 17.6. The zero-order valence-electron chi connectivity index (χ0n) is 17.5. The highest BCUT2D eigenvalue weighted by Crippen LogP contribution is 2.23. The molecule has 0 N–H and O–H groups in total. The van der Waals surface area contributed by atoms with E-state index < -0.39 is 0 Å². The smallest absolute Gasteiger partial charge is 0.269 e. The van der Waals surface area contributed by atoms with E-state index in [4.69, 9.17) is 4.74 Å². The van der Waals surface area contributed by atoms with Crippen LogP contribution in [0.2, 0.25) is 0 Å². The summed E-state index contributed by atoms with van der Waals surface area (Å²) in [6.07, 6.45) is 3.87. The molecule has 2 aromatic rings. The first-order valence-corrected chi connectivity index (χ1v) is 10.1. The van der Waals surface area contributed by atoms with Gasteiger partial charge in [0.25, 0.3) is 5.56 Å². The van der Waals surface area contributed by atoms with Gasteiger partial charge in [-0.1, -0.05) is 18.2 Å². The van der Waals surface area contributed by atoms with Crippen molar-refractivity contribution in [3.8, 4) is 0 Å². The summed E-state index contributed by atoms with van der Waals surface area (Å²) in [6.45, 7) is 8.56. The largest absolute Gasteiger partial charge is 0.383 e. The Kier molecular flexibility index (Phi) is 6.86. The number of rotatable bonds is 7. The highest BCUT2D eigenvalue weighted by molar-refractivity contribution is 5.41. The van der Waals surface area contributed by atoms with Crippen LogP contribution in [0.25, 0.3) is 0 Å². The second-order valence-electron chi connectivity index (χ2n) is 7.80. The van der Waals surface area contributed by atoms with Crippen molar-refractivity contribution in [3.05, 3.63) is 57.5 Å². The Morgan fingerprint density at radius 1 is 1.32 bits per heavy atom. The molecule has 0 amide bonds. The first-order chi connectivity index (χ1) is 13.5. The Labute approximate surface area is 167 Å². The summed E-state index contributed by atoms with van der Waals surface area (Å²) in [5, 5.41) is 4.50. The molecule has 28 heavy (non-hydrogen) atoms. The van der Waals surface area contributed by atoms with Gasteiger partial charge in [0.15, 0.2) is 0 Å². The summed E-state index contributed by atoms with van der Waals surface area (Å²) in [4.78, 5) is 17.1.